The van der Waals surface area contributed by atoms with Gasteiger partial charge in [0.25, 0.3) is 0 Å². The van der Waals surface area contributed by atoms with Crippen LogP contribution in [0.4, 0.5) is 5.69 Å². The Bertz CT molecular complexity index is 574. The van der Waals surface area contributed by atoms with E-state index in [4.69, 9.17) is 5.73 Å². The van der Waals surface area contributed by atoms with Crippen molar-refractivity contribution in [3.8, 4) is 0 Å². The van der Waals surface area contributed by atoms with Crippen LogP contribution in [0.1, 0.15) is 32.3 Å². The molecule has 4 nitrogen and oxygen atoms in total. The summed E-state index contributed by atoms with van der Waals surface area (Å²) < 4.78 is 26.8. The molecule has 0 atom stereocenters. The molecule has 0 aliphatic carbocycles. The molecule has 0 saturated carbocycles. The maximum Gasteiger partial charge on any atom is 0.243 e. The summed E-state index contributed by atoms with van der Waals surface area (Å²) in [6, 6.07) is 4.98. The van der Waals surface area contributed by atoms with Crippen LogP contribution < -0.4 is 5.73 Å². The Labute approximate surface area is 122 Å². The van der Waals surface area contributed by atoms with Gasteiger partial charge in [-0.3, -0.25) is 0 Å². The van der Waals surface area contributed by atoms with Gasteiger partial charge in [0.15, 0.2) is 0 Å². The monoisotopic (exact) mass is 296 g/mol. The van der Waals surface area contributed by atoms with Crippen LogP contribution in [0.3, 0.4) is 0 Å². The van der Waals surface area contributed by atoms with Crippen molar-refractivity contribution in [1.29, 1.82) is 0 Å². The molecule has 0 amide bonds. The van der Waals surface area contributed by atoms with Crippen LogP contribution in [0.15, 0.2) is 23.1 Å². The molecule has 2 rings (SSSR count). The summed E-state index contributed by atoms with van der Waals surface area (Å²) in [5.74, 6) is 1.25. The number of nitrogens with zero attached hydrogens (tertiary/aromatic N) is 1. The van der Waals surface area contributed by atoms with E-state index in [0.29, 0.717) is 35.5 Å². The molecule has 1 aromatic carbocycles. The van der Waals surface area contributed by atoms with Crippen molar-refractivity contribution in [3.63, 3.8) is 0 Å². The van der Waals surface area contributed by atoms with E-state index < -0.39 is 10.0 Å². The lowest BCUT2D eigenvalue weighted by molar-refractivity contribution is 0.226. The molecular formula is C15H24N2O2S. The van der Waals surface area contributed by atoms with Crippen LogP contribution in [0.25, 0.3) is 0 Å². The number of hydrogen-bond acceptors (Lipinski definition) is 3. The maximum absolute atomic E-state index is 12.6. The lowest BCUT2D eigenvalue weighted by Crippen LogP contribution is -2.39. The number of nitrogens with two attached hydrogens (primary N) is 1. The van der Waals surface area contributed by atoms with E-state index in [1.165, 1.54) is 0 Å². The highest BCUT2D eigenvalue weighted by atomic mass is 32.2. The lowest BCUT2D eigenvalue weighted by atomic mass is 9.87. The van der Waals surface area contributed by atoms with E-state index in [1.54, 1.807) is 22.5 Å². The molecule has 0 aromatic heterocycles. The molecule has 1 heterocycles. The summed E-state index contributed by atoms with van der Waals surface area (Å²) in [5, 5.41) is 0. The Hall–Kier alpha value is -1.07. The van der Waals surface area contributed by atoms with E-state index in [2.05, 4.69) is 13.8 Å². The molecule has 0 bridgehead atoms. The first-order valence-electron chi connectivity index (χ1n) is 7.18. The Kier molecular flexibility index (Phi) is 4.39. The van der Waals surface area contributed by atoms with Gasteiger partial charge in [-0.15, -0.1) is 0 Å². The topological polar surface area (TPSA) is 63.4 Å². The molecule has 1 fully saturated rings. The van der Waals surface area contributed by atoms with Gasteiger partial charge in [-0.1, -0.05) is 19.9 Å². The molecule has 1 saturated heterocycles. The first-order chi connectivity index (χ1) is 9.32. The van der Waals surface area contributed by atoms with E-state index in [0.717, 1.165) is 18.4 Å². The fourth-order valence-electron chi connectivity index (χ4n) is 2.71. The summed E-state index contributed by atoms with van der Waals surface area (Å²) in [5.41, 5.74) is 7.26. The number of hydrogen-bond donors (Lipinski definition) is 1. The van der Waals surface area contributed by atoms with Gasteiger partial charge in [0, 0.05) is 18.8 Å². The number of nitrogen functional groups attached to an aromatic ring is 1. The number of rotatable bonds is 3. The third-order valence-corrected chi connectivity index (χ3v) is 6.22. The quantitative estimate of drug-likeness (QED) is 0.872. The van der Waals surface area contributed by atoms with E-state index in [-0.39, 0.29) is 0 Å². The molecule has 0 spiro atoms. The molecule has 20 heavy (non-hydrogen) atoms. The Morgan fingerprint density at radius 1 is 1.25 bits per heavy atom. The van der Waals surface area contributed by atoms with Gasteiger partial charge in [-0.05, 0) is 49.3 Å². The molecular weight excluding hydrogens is 272 g/mol. The number of benzene rings is 1. The predicted octanol–water partition coefficient (Wildman–Crippen LogP) is 2.63. The van der Waals surface area contributed by atoms with E-state index >= 15 is 0 Å². The third-order valence-electron chi connectivity index (χ3n) is 4.33. The van der Waals surface area contributed by atoms with Crippen LogP contribution in [0, 0.1) is 18.8 Å². The standard InChI is InChI=1S/C15H24N2O2S/c1-11(2)13-6-8-17(9-7-13)20(18,19)14-5-4-12(3)15(16)10-14/h4-5,10-11,13H,6-9,16H2,1-3H3. The van der Waals surface area contributed by atoms with Crippen molar-refractivity contribution >= 4 is 15.7 Å². The largest absolute Gasteiger partial charge is 0.398 e. The molecule has 112 valence electrons. The number of anilines is 1. The van der Waals surface area contributed by atoms with Crippen LogP contribution in [-0.4, -0.2) is 25.8 Å². The fourth-order valence-corrected chi connectivity index (χ4v) is 4.22. The molecule has 2 N–H and O–H groups in total. The second-order valence-corrected chi connectivity index (χ2v) is 7.94. The molecule has 1 aliphatic heterocycles. The zero-order valence-electron chi connectivity index (χ0n) is 12.5. The summed E-state index contributed by atoms with van der Waals surface area (Å²) in [6.45, 7) is 7.50. The van der Waals surface area contributed by atoms with Gasteiger partial charge >= 0.3 is 0 Å². The van der Waals surface area contributed by atoms with Crippen molar-refractivity contribution < 1.29 is 8.42 Å². The van der Waals surface area contributed by atoms with Gasteiger partial charge in [0.2, 0.25) is 10.0 Å². The Morgan fingerprint density at radius 2 is 1.85 bits per heavy atom. The highest BCUT2D eigenvalue weighted by Crippen LogP contribution is 2.28. The lowest BCUT2D eigenvalue weighted by Gasteiger charge is -2.33. The summed E-state index contributed by atoms with van der Waals surface area (Å²) >= 11 is 0. The highest BCUT2D eigenvalue weighted by molar-refractivity contribution is 7.89. The van der Waals surface area contributed by atoms with Gasteiger partial charge in [0.1, 0.15) is 0 Å². The van der Waals surface area contributed by atoms with Crippen LogP contribution >= 0.6 is 0 Å². The average molecular weight is 296 g/mol. The first-order valence-corrected chi connectivity index (χ1v) is 8.62. The highest BCUT2D eigenvalue weighted by Gasteiger charge is 2.30. The minimum atomic E-state index is -3.40. The molecule has 0 unspecified atom stereocenters. The van der Waals surface area contributed by atoms with Crippen molar-refractivity contribution in [2.75, 3.05) is 18.8 Å². The second-order valence-electron chi connectivity index (χ2n) is 6.00. The summed E-state index contributed by atoms with van der Waals surface area (Å²) in [4.78, 5) is 0.309. The van der Waals surface area contributed by atoms with Crippen LogP contribution in [0.2, 0.25) is 0 Å². The molecule has 1 aromatic rings. The van der Waals surface area contributed by atoms with Gasteiger partial charge in [0.05, 0.1) is 4.90 Å². The second kappa shape index (κ2) is 5.74. The minimum Gasteiger partial charge on any atom is -0.398 e. The Morgan fingerprint density at radius 3 is 2.35 bits per heavy atom. The molecule has 0 radical (unpaired) electrons. The zero-order valence-corrected chi connectivity index (χ0v) is 13.3. The van der Waals surface area contributed by atoms with E-state index in [9.17, 15) is 8.42 Å². The van der Waals surface area contributed by atoms with Crippen molar-refractivity contribution in [2.24, 2.45) is 11.8 Å². The van der Waals surface area contributed by atoms with Crippen molar-refractivity contribution in [2.45, 2.75) is 38.5 Å². The smallest absolute Gasteiger partial charge is 0.243 e. The molecule has 5 heteroatoms. The van der Waals surface area contributed by atoms with Crippen molar-refractivity contribution in [1.82, 2.24) is 4.31 Å². The molecule has 1 aliphatic rings. The van der Waals surface area contributed by atoms with Gasteiger partial charge in [-0.2, -0.15) is 4.31 Å². The number of sulfonamides is 1. The minimum absolute atomic E-state index is 0.309. The summed E-state index contributed by atoms with van der Waals surface area (Å²) in [6.07, 6.45) is 1.89. The Balaban J connectivity index is 2.17. The predicted molar refractivity (Wildman–Crippen MR) is 81.9 cm³/mol. The first kappa shape index (κ1) is 15.3. The van der Waals surface area contributed by atoms with Crippen LogP contribution in [0.5, 0.6) is 0 Å². The van der Waals surface area contributed by atoms with Crippen molar-refractivity contribution in [3.05, 3.63) is 23.8 Å². The SMILES string of the molecule is Cc1ccc(S(=O)(=O)N2CCC(C(C)C)CC2)cc1N. The normalized spacial score (nSPS) is 18.6. The van der Waals surface area contributed by atoms with E-state index in [1.807, 2.05) is 6.92 Å². The van der Waals surface area contributed by atoms with Gasteiger partial charge in [-0.25, -0.2) is 8.42 Å². The average Bonchev–Trinajstić information content (AvgIpc) is 2.41. The fraction of sp³-hybridized carbons (Fsp3) is 0.600. The summed E-state index contributed by atoms with van der Waals surface area (Å²) in [7, 11) is -3.40. The third kappa shape index (κ3) is 2.99. The zero-order chi connectivity index (χ0) is 14.9. The maximum atomic E-state index is 12.6. The number of aryl methyl sites for hydroxylation is 1. The van der Waals surface area contributed by atoms with Gasteiger partial charge < -0.3 is 5.73 Å². The van der Waals surface area contributed by atoms with Crippen LogP contribution in [-0.2, 0) is 10.0 Å². The number of piperidine rings is 1.